The smallest absolute Gasteiger partial charge is 0.340 e. The van der Waals surface area contributed by atoms with Crippen LogP contribution in [0.2, 0.25) is 5.02 Å². The van der Waals surface area contributed by atoms with Crippen LogP contribution >= 0.6 is 23.4 Å². The Balaban J connectivity index is 2.07. The van der Waals surface area contributed by atoms with Crippen molar-refractivity contribution in [1.29, 1.82) is 0 Å². The molecule has 0 heterocycles. The van der Waals surface area contributed by atoms with Crippen molar-refractivity contribution in [1.82, 2.24) is 10.7 Å². The zero-order chi connectivity index (χ0) is 23.0. The van der Waals surface area contributed by atoms with Crippen LogP contribution in [0.15, 0.2) is 47.6 Å². The van der Waals surface area contributed by atoms with E-state index in [0.717, 1.165) is 30.5 Å². The Hall–Kier alpha value is -2.59. The van der Waals surface area contributed by atoms with Gasteiger partial charge in [-0.25, -0.2) is 9.82 Å². The molecule has 166 valence electrons. The molecule has 2 amide bonds. The zero-order valence-electron chi connectivity index (χ0n) is 16.2. The molecule has 2 N–H and O–H groups in total. The van der Waals surface area contributed by atoms with Gasteiger partial charge in [0.15, 0.2) is 0 Å². The molecule has 0 aliphatic carbocycles. The fraction of sp³-hybridized carbons (Fsp3) is 0.250. The lowest BCUT2D eigenvalue weighted by Gasteiger charge is -2.17. The second-order valence-corrected chi connectivity index (χ2v) is 7.65. The van der Waals surface area contributed by atoms with Gasteiger partial charge in [0.2, 0.25) is 0 Å². The minimum absolute atomic E-state index is 0.0149. The van der Waals surface area contributed by atoms with Gasteiger partial charge in [-0.05, 0) is 54.8 Å². The molecule has 0 saturated heterocycles. The Bertz CT molecular complexity index is 932. The molecule has 0 aromatic heterocycles. The van der Waals surface area contributed by atoms with Gasteiger partial charge in [-0.3, -0.25) is 9.59 Å². The van der Waals surface area contributed by atoms with E-state index in [0.29, 0.717) is 5.75 Å². The van der Waals surface area contributed by atoms with Gasteiger partial charge in [-0.2, -0.15) is 30.0 Å². The fourth-order valence-corrected chi connectivity index (χ4v) is 3.11. The van der Waals surface area contributed by atoms with Crippen LogP contribution in [0.3, 0.4) is 0 Å². The van der Waals surface area contributed by atoms with E-state index < -0.39 is 35.4 Å². The number of benzene rings is 2. The summed E-state index contributed by atoms with van der Waals surface area (Å²) in [6.07, 6.45) is -1.42. The lowest BCUT2D eigenvalue weighted by molar-refractivity contribution is -0.137. The Labute approximate surface area is 185 Å². The molecule has 0 fully saturated rings. The first-order valence-electron chi connectivity index (χ1n) is 8.87. The number of thioether (sulfide) groups is 1. The highest BCUT2D eigenvalue weighted by molar-refractivity contribution is 7.98. The molecule has 0 bridgehead atoms. The second kappa shape index (κ2) is 11.1. The molecule has 0 saturated carbocycles. The molecule has 2 aromatic carbocycles. The molecule has 1 atom stereocenters. The molecule has 31 heavy (non-hydrogen) atoms. The number of nitrogens with zero attached hydrogens (tertiary/aromatic N) is 1. The van der Waals surface area contributed by atoms with E-state index in [2.05, 4.69) is 15.8 Å². The molecule has 5 nitrogen and oxygen atoms in total. The van der Waals surface area contributed by atoms with Gasteiger partial charge in [0, 0.05) is 11.1 Å². The monoisotopic (exact) mass is 475 g/mol. The van der Waals surface area contributed by atoms with E-state index in [-0.39, 0.29) is 22.6 Å². The first kappa shape index (κ1) is 24.7. The van der Waals surface area contributed by atoms with Crippen molar-refractivity contribution in [2.45, 2.75) is 18.6 Å². The van der Waals surface area contributed by atoms with Crippen molar-refractivity contribution < 1.29 is 27.2 Å². The Kier molecular flexibility index (Phi) is 8.88. The number of alkyl halides is 3. The molecule has 0 spiro atoms. The maximum absolute atomic E-state index is 13.7. The van der Waals surface area contributed by atoms with E-state index in [4.69, 9.17) is 11.6 Å². The molecule has 0 radical (unpaired) electrons. The maximum Gasteiger partial charge on any atom is 0.416 e. The lowest BCUT2D eigenvalue weighted by atomic mass is 10.1. The second-order valence-electron chi connectivity index (χ2n) is 6.25. The van der Waals surface area contributed by atoms with E-state index in [1.54, 1.807) is 0 Å². The molecule has 11 heteroatoms. The average Bonchev–Trinajstić information content (AvgIpc) is 2.72. The van der Waals surface area contributed by atoms with Gasteiger partial charge < -0.3 is 5.32 Å². The summed E-state index contributed by atoms with van der Waals surface area (Å²) in [6.45, 7) is 0. The third kappa shape index (κ3) is 7.25. The number of nitrogens with one attached hydrogen (secondary N) is 2. The molecule has 0 aliphatic rings. The van der Waals surface area contributed by atoms with E-state index >= 15 is 0 Å². The minimum Gasteiger partial charge on any atom is -0.340 e. The summed E-state index contributed by atoms with van der Waals surface area (Å²) in [5.41, 5.74) is 1.28. The van der Waals surface area contributed by atoms with Crippen LogP contribution in [0.5, 0.6) is 0 Å². The van der Waals surface area contributed by atoms with Gasteiger partial charge in [0.1, 0.15) is 11.9 Å². The molecular formula is C20H18ClF4N3O2S. The number of hydrogen-bond acceptors (Lipinski definition) is 4. The summed E-state index contributed by atoms with van der Waals surface area (Å²) in [6, 6.07) is 6.68. The van der Waals surface area contributed by atoms with Crippen molar-refractivity contribution >= 4 is 41.4 Å². The Morgan fingerprint density at radius 1 is 1.19 bits per heavy atom. The summed E-state index contributed by atoms with van der Waals surface area (Å²) in [4.78, 5) is 24.8. The highest BCUT2D eigenvalue weighted by Gasteiger charge is 2.30. The van der Waals surface area contributed by atoms with Crippen LogP contribution in [0, 0.1) is 5.82 Å². The summed E-state index contributed by atoms with van der Waals surface area (Å²) >= 11 is 7.32. The normalized spacial score (nSPS) is 12.6. The molecule has 0 aliphatic heterocycles. The van der Waals surface area contributed by atoms with Gasteiger partial charge >= 0.3 is 6.18 Å². The van der Waals surface area contributed by atoms with Gasteiger partial charge in [0.05, 0.1) is 16.8 Å². The Morgan fingerprint density at radius 2 is 1.87 bits per heavy atom. The van der Waals surface area contributed by atoms with E-state index in [1.165, 1.54) is 30.0 Å². The first-order valence-corrected chi connectivity index (χ1v) is 10.6. The van der Waals surface area contributed by atoms with Gasteiger partial charge in [-0.15, -0.1) is 0 Å². The van der Waals surface area contributed by atoms with E-state index in [1.807, 2.05) is 6.26 Å². The summed E-state index contributed by atoms with van der Waals surface area (Å²) in [5.74, 6) is -1.48. The maximum atomic E-state index is 13.7. The summed E-state index contributed by atoms with van der Waals surface area (Å²) in [5, 5.41) is 6.26. The summed E-state index contributed by atoms with van der Waals surface area (Å²) in [7, 11) is 0. The van der Waals surface area contributed by atoms with Crippen molar-refractivity contribution in [2.24, 2.45) is 5.10 Å². The van der Waals surface area contributed by atoms with E-state index in [9.17, 15) is 27.2 Å². The van der Waals surface area contributed by atoms with Gasteiger partial charge in [0.25, 0.3) is 11.8 Å². The number of carbonyl (C=O) groups excluding carboxylic acids is 2. The standard InChI is InChI=1S/C20H18ClF4N3O2S/c1-31-10-9-17(19(30)28-26-11-14-15(21)3-2-4-16(14)22)27-18(29)12-5-7-13(8-6-12)20(23,24)25/h2-8,11,17H,9-10H2,1H3,(H,27,29)(H,28,30)/b26-11+/t17-/m1/s1. The number of hydrogen-bond donors (Lipinski definition) is 2. The van der Waals surface area contributed by atoms with Gasteiger partial charge in [-0.1, -0.05) is 17.7 Å². The largest absolute Gasteiger partial charge is 0.416 e. The number of amides is 2. The van der Waals surface area contributed by atoms with Crippen LogP contribution in [0.25, 0.3) is 0 Å². The quantitative estimate of drug-likeness (QED) is 0.335. The van der Waals surface area contributed by atoms with Crippen LogP contribution in [-0.4, -0.2) is 36.1 Å². The van der Waals surface area contributed by atoms with Crippen molar-refractivity contribution in [3.8, 4) is 0 Å². The number of halogens is 5. The SMILES string of the molecule is CSCC[C@@H](NC(=O)c1ccc(C(F)(F)F)cc1)C(=O)N/N=C/c1c(F)cccc1Cl. The molecule has 2 rings (SSSR count). The third-order valence-electron chi connectivity index (χ3n) is 4.07. The highest BCUT2D eigenvalue weighted by Crippen LogP contribution is 2.29. The fourth-order valence-electron chi connectivity index (χ4n) is 2.43. The highest BCUT2D eigenvalue weighted by atomic mass is 35.5. The first-order chi connectivity index (χ1) is 14.6. The molecule has 2 aromatic rings. The average molecular weight is 476 g/mol. The van der Waals surface area contributed by atoms with Crippen LogP contribution in [0.4, 0.5) is 17.6 Å². The minimum atomic E-state index is -4.52. The topological polar surface area (TPSA) is 70.6 Å². The van der Waals surface area contributed by atoms with Crippen LogP contribution < -0.4 is 10.7 Å². The van der Waals surface area contributed by atoms with Crippen molar-refractivity contribution in [2.75, 3.05) is 12.0 Å². The van der Waals surface area contributed by atoms with Crippen molar-refractivity contribution in [3.63, 3.8) is 0 Å². The number of carbonyl (C=O) groups is 2. The van der Waals surface area contributed by atoms with Crippen LogP contribution in [0.1, 0.15) is 27.9 Å². The number of hydrazone groups is 1. The molecular weight excluding hydrogens is 458 g/mol. The summed E-state index contributed by atoms with van der Waals surface area (Å²) < 4.78 is 51.7. The Morgan fingerprint density at radius 3 is 2.45 bits per heavy atom. The third-order valence-corrected chi connectivity index (χ3v) is 5.05. The molecule has 0 unspecified atom stereocenters. The van der Waals surface area contributed by atoms with Crippen LogP contribution in [-0.2, 0) is 11.0 Å². The lowest BCUT2D eigenvalue weighted by Crippen LogP contribution is -2.45. The van der Waals surface area contributed by atoms with Crippen molar-refractivity contribution in [3.05, 3.63) is 70.0 Å². The zero-order valence-corrected chi connectivity index (χ0v) is 17.7. The predicted octanol–water partition coefficient (Wildman–Crippen LogP) is 4.50. The number of rotatable bonds is 8. The predicted molar refractivity (Wildman–Crippen MR) is 113 cm³/mol.